The molecule has 1 aromatic carbocycles. The third-order valence-corrected chi connectivity index (χ3v) is 2.81. The molecule has 1 nitrogen and oxygen atoms in total. The Hall–Kier alpha value is -1.32. The lowest BCUT2D eigenvalue weighted by molar-refractivity contribution is 0.0973. The molecule has 0 heterocycles. The van der Waals surface area contributed by atoms with Crippen LogP contribution in [0.1, 0.15) is 36.0 Å². The van der Waals surface area contributed by atoms with E-state index in [1.165, 1.54) is 0 Å². The molecular weight excluding hydrogens is 217 g/mol. The van der Waals surface area contributed by atoms with E-state index in [9.17, 15) is 18.0 Å². The van der Waals surface area contributed by atoms with Gasteiger partial charge in [0.15, 0.2) is 23.2 Å². The Morgan fingerprint density at radius 3 is 2.50 bits per heavy atom. The number of hydrogen-bond acceptors (Lipinski definition) is 1. The SMILES string of the molecule is O=C(CCC1CC1)c1ccc(F)c(F)c1F. The summed E-state index contributed by atoms with van der Waals surface area (Å²) in [6, 6.07) is 1.78. The van der Waals surface area contributed by atoms with E-state index in [0.717, 1.165) is 25.0 Å². The molecule has 0 amide bonds. The van der Waals surface area contributed by atoms with Crippen LogP contribution in [0.4, 0.5) is 13.2 Å². The summed E-state index contributed by atoms with van der Waals surface area (Å²) in [6.45, 7) is 0. The molecule has 1 aromatic rings. The van der Waals surface area contributed by atoms with Crippen LogP contribution in [0, 0.1) is 23.4 Å². The predicted molar refractivity (Wildman–Crippen MR) is 52.6 cm³/mol. The molecule has 1 fully saturated rings. The van der Waals surface area contributed by atoms with Crippen molar-refractivity contribution in [2.45, 2.75) is 25.7 Å². The van der Waals surface area contributed by atoms with Crippen molar-refractivity contribution >= 4 is 5.78 Å². The van der Waals surface area contributed by atoms with E-state index in [0.29, 0.717) is 12.3 Å². The van der Waals surface area contributed by atoms with Gasteiger partial charge in [-0.25, -0.2) is 13.2 Å². The highest BCUT2D eigenvalue weighted by Gasteiger charge is 2.24. The molecule has 0 N–H and O–H groups in total. The number of ketones is 1. The van der Waals surface area contributed by atoms with Crippen LogP contribution in [0.3, 0.4) is 0 Å². The van der Waals surface area contributed by atoms with Gasteiger partial charge in [0.2, 0.25) is 0 Å². The van der Waals surface area contributed by atoms with Crippen LogP contribution in [0.25, 0.3) is 0 Å². The zero-order valence-electron chi connectivity index (χ0n) is 8.60. The van der Waals surface area contributed by atoms with Crippen LogP contribution in [0.15, 0.2) is 12.1 Å². The van der Waals surface area contributed by atoms with Crippen molar-refractivity contribution in [3.05, 3.63) is 35.1 Å². The first-order valence-corrected chi connectivity index (χ1v) is 5.26. The summed E-state index contributed by atoms with van der Waals surface area (Å²) >= 11 is 0. The zero-order chi connectivity index (χ0) is 11.7. The minimum Gasteiger partial charge on any atom is -0.294 e. The molecule has 0 spiro atoms. The molecule has 0 unspecified atom stereocenters. The van der Waals surface area contributed by atoms with Crippen LogP contribution in [-0.4, -0.2) is 5.78 Å². The Balaban J connectivity index is 2.12. The normalized spacial score (nSPS) is 15.2. The third kappa shape index (κ3) is 2.26. The lowest BCUT2D eigenvalue weighted by atomic mass is 10.0. The molecule has 0 aliphatic heterocycles. The van der Waals surface area contributed by atoms with E-state index in [-0.39, 0.29) is 12.0 Å². The largest absolute Gasteiger partial charge is 0.294 e. The fourth-order valence-corrected chi connectivity index (χ4v) is 1.62. The van der Waals surface area contributed by atoms with Crippen molar-refractivity contribution in [3.63, 3.8) is 0 Å². The maximum atomic E-state index is 13.2. The highest BCUT2D eigenvalue weighted by atomic mass is 19.2. The second-order valence-corrected chi connectivity index (χ2v) is 4.13. The number of hydrogen-bond donors (Lipinski definition) is 0. The van der Waals surface area contributed by atoms with E-state index in [4.69, 9.17) is 0 Å². The minimum atomic E-state index is -1.57. The Morgan fingerprint density at radius 1 is 1.19 bits per heavy atom. The van der Waals surface area contributed by atoms with Crippen LogP contribution in [0.2, 0.25) is 0 Å². The van der Waals surface area contributed by atoms with Gasteiger partial charge in [-0.3, -0.25) is 4.79 Å². The molecule has 0 aromatic heterocycles. The molecule has 86 valence electrons. The van der Waals surface area contributed by atoms with Crippen molar-refractivity contribution in [2.75, 3.05) is 0 Å². The second kappa shape index (κ2) is 4.28. The van der Waals surface area contributed by atoms with Gasteiger partial charge >= 0.3 is 0 Å². The van der Waals surface area contributed by atoms with Crippen LogP contribution < -0.4 is 0 Å². The molecule has 1 aliphatic carbocycles. The van der Waals surface area contributed by atoms with Gasteiger partial charge in [0.05, 0.1) is 5.56 Å². The number of carbonyl (C=O) groups is 1. The molecule has 2 rings (SSSR count). The molecule has 16 heavy (non-hydrogen) atoms. The van der Waals surface area contributed by atoms with Crippen molar-refractivity contribution in [1.82, 2.24) is 0 Å². The smallest absolute Gasteiger partial charge is 0.195 e. The van der Waals surface area contributed by atoms with E-state index < -0.39 is 23.2 Å². The van der Waals surface area contributed by atoms with Gasteiger partial charge in [-0.15, -0.1) is 0 Å². The monoisotopic (exact) mass is 228 g/mol. The fourth-order valence-electron chi connectivity index (χ4n) is 1.62. The minimum absolute atomic E-state index is 0.201. The lowest BCUT2D eigenvalue weighted by Gasteiger charge is -2.03. The number of carbonyl (C=O) groups excluding carboxylic acids is 1. The Kier molecular flexibility index (Phi) is 2.99. The average molecular weight is 228 g/mol. The Bertz CT molecular complexity index is 425. The molecule has 0 saturated heterocycles. The molecule has 1 aliphatic rings. The number of Topliss-reactive ketones (excluding diaryl/α,β-unsaturated/α-hetero) is 1. The van der Waals surface area contributed by atoms with Gasteiger partial charge in [0.1, 0.15) is 0 Å². The van der Waals surface area contributed by atoms with Crippen molar-refractivity contribution < 1.29 is 18.0 Å². The van der Waals surface area contributed by atoms with Gasteiger partial charge in [-0.2, -0.15) is 0 Å². The van der Waals surface area contributed by atoms with Crippen LogP contribution in [-0.2, 0) is 0 Å². The molecule has 0 atom stereocenters. The van der Waals surface area contributed by atoms with Gasteiger partial charge in [0.25, 0.3) is 0 Å². The average Bonchev–Trinajstić information content (AvgIpc) is 3.07. The first kappa shape index (κ1) is 11.2. The quantitative estimate of drug-likeness (QED) is 0.569. The molecule has 4 heteroatoms. The van der Waals surface area contributed by atoms with Crippen LogP contribution in [0.5, 0.6) is 0 Å². The Labute approximate surface area is 91.3 Å². The van der Waals surface area contributed by atoms with E-state index in [1.54, 1.807) is 0 Å². The first-order valence-electron chi connectivity index (χ1n) is 5.26. The summed E-state index contributed by atoms with van der Waals surface area (Å²) in [7, 11) is 0. The number of halogens is 3. The van der Waals surface area contributed by atoms with Crippen molar-refractivity contribution in [1.29, 1.82) is 0 Å². The summed E-state index contributed by atoms with van der Waals surface area (Å²) in [5, 5.41) is 0. The van der Waals surface area contributed by atoms with Crippen molar-refractivity contribution in [2.24, 2.45) is 5.92 Å². The maximum absolute atomic E-state index is 13.2. The van der Waals surface area contributed by atoms with E-state index in [1.807, 2.05) is 0 Å². The molecule has 0 radical (unpaired) electrons. The van der Waals surface area contributed by atoms with Gasteiger partial charge in [-0.1, -0.05) is 12.8 Å². The summed E-state index contributed by atoms with van der Waals surface area (Å²) in [5.74, 6) is -4.12. The summed E-state index contributed by atoms with van der Waals surface area (Å²) in [4.78, 5) is 11.5. The summed E-state index contributed by atoms with van der Waals surface area (Å²) in [5.41, 5.74) is -0.348. The van der Waals surface area contributed by atoms with E-state index >= 15 is 0 Å². The summed E-state index contributed by atoms with van der Waals surface area (Å²) < 4.78 is 38.7. The van der Waals surface area contributed by atoms with E-state index in [2.05, 4.69) is 0 Å². The highest BCUT2D eigenvalue weighted by Crippen LogP contribution is 2.34. The summed E-state index contributed by atoms with van der Waals surface area (Å²) in [6.07, 6.45) is 3.12. The zero-order valence-corrected chi connectivity index (χ0v) is 8.60. The van der Waals surface area contributed by atoms with Crippen molar-refractivity contribution in [3.8, 4) is 0 Å². The second-order valence-electron chi connectivity index (χ2n) is 4.13. The molecule has 0 bridgehead atoms. The fraction of sp³-hybridized carbons (Fsp3) is 0.417. The number of benzene rings is 1. The maximum Gasteiger partial charge on any atom is 0.195 e. The van der Waals surface area contributed by atoms with Gasteiger partial charge in [-0.05, 0) is 24.5 Å². The first-order chi connectivity index (χ1) is 7.59. The molecular formula is C12H11F3O. The highest BCUT2D eigenvalue weighted by molar-refractivity contribution is 5.96. The topological polar surface area (TPSA) is 17.1 Å². The van der Waals surface area contributed by atoms with Gasteiger partial charge in [0, 0.05) is 6.42 Å². The Morgan fingerprint density at radius 2 is 1.88 bits per heavy atom. The standard InChI is InChI=1S/C12H11F3O/c13-9-5-4-8(11(14)12(9)15)10(16)6-3-7-1-2-7/h4-5,7H,1-3,6H2. The lowest BCUT2D eigenvalue weighted by Crippen LogP contribution is -2.06. The predicted octanol–water partition coefficient (Wildman–Crippen LogP) is 3.48. The molecule has 1 saturated carbocycles. The number of rotatable bonds is 4. The third-order valence-electron chi connectivity index (χ3n) is 2.81. The van der Waals surface area contributed by atoms with Crippen LogP contribution >= 0.6 is 0 Å². The van der Waals surface area contributed by atoms with Gasteiger partial charge < -0.3 is 0 Å².